The molecule has 0 amide bonds. The van der Waals surface area contributed by atoms with Crippen molar-refractivity contribution in [2.24, 2.45) is 0 Å². The number of allylic oxidation sites excluding steroid dienone is 1. The van der Waals surface area contributed by atoms with Crippen molar-refractivity contribution >= 4 is 0 Å². The van der Waals surface area contributed by atoms with Gasteiger partial charge in [-0.1, -0.05) is 6.58 Å². The first kappa shape index (κ1) is 20.1. The highest BCUT2D eigenvalue weighted by atomic mass is 19.4. The Labute approximate surface area is 84.4 Å². The molecule has 0 rings (SSSR count). The molecule has 0 N–H and O–H groups in total. The molecule has 0 aliphatic carbocycles. The van der Waals surface area contributed by atoms with Crippen molar-refractivity contribution in [3.63, 3.8) is 0 Å². The average molecular weight is 260 g/mol. The molecule has 0 saturated carbocycles. The van der Waals surface area contributed by atoms with Crippen molar-refractivity contribution in [1.82, 2.24) is 0 Å². The number of alkyl halides is 3. The number of halogens is 9. The zero-order valence-corrected chi connectivity index (χ0v) is 7.39. The highest BCUT2D eigenvalue weighted by Gasteiger charge is 2.38. The second-order valence-electron chi connectivity index (χ2n) is 1.57. The number of hydrogen-bond donors (Lipinski definition) is 0. The molecule has 0 saturated heterocycles. The zero-order chi connectivity index (χ0) is 13.9. The van der Waals surface area contributed by atoms with E-state index in [9.17, 15) is 39.5 Å². The first-order chi connectivity index (χ1) is 7.00. The maximum Gasteiger partial charge on any atom is 0.448 e. The predicted octanol–water partition coefficient (Wildman–Crippen LogP) is 5.12. The van der Waals surface area contributed by atoms with Gasteiger partial charge in [0, 0.05) is 0 Å². The van der Waals surface area contributed by atoms with Crippen LogP contribution in [0.25, 0.3) is 0 Å². The molecule has 96 valence electrons. The Kier molecular flexibility index (Phi) is 12.7. The zero-order valence-electron chi connectivity index (χ0n) is 7.39. The molecule has 9 heteroatoms. The second-order valence-corrected chi connectivity index (χ2v) is 1.57. The lowest BCUT2D eigenvalue weighted by molar-refractivity contribution is -0.113. The van der Waals surface area contributed by atoms with Gasteiger partial charge in [-0.05, 0) is 6.58 Å². The van der Waals surface area contributed by atoms with E-state index in [0.29, 0.717) is 0 Å². The minimum atomic E-state index is -5.56. The van der Waals surface area contributed by atoms with Crippen LogP contribution in [0.2, 0.25) is 0 Å². The average Bonchev–Trinajstić information content (AvgIpc) is 2.01. The molecule has 0 aromatic rings. The van der Waals surface area contributed by atoms with E-state index < -0.39 is 24.2 Å². The van der Waals surface area contributed by atoms with E-state index in [1.54, 1.807) is 0 Å². The Balaban J connectivity index is -0.000000201. The minimum Gasteiger partial charge on any atom is -0.216 e. The van der Waals surface area contributed by atoms with E-state index in [1.165, 1.54) is 0 Å². The van der Waals surface area contributed by atoms with Crippen LogP contribution in [0.5, 0.6) is 0 Å². The maximum atomic E-state index is 11.0. The summed E-state index contributed by atoms with van der Waals surface area (Å²) in [7, 11) is 0. The van der Waals surface area contributed by atoms with Crippen LogP contribution < -0.4 is 0 Å². The van der Waals surface area contributed by atoms with Crippen LogP contribution in [0.3, 0.4) is 0 Å². The summed E-state index contributed by atoms with van der Waals surface area (Å²) < 4.78 is 95.1. The fraction of sp³-hybridized carbons (Fsp3) is 0.143. The van der Waals surface area contributed by atoms with Gasteiger partial charge < -0.3 is 0 Å². The van der Waals surface area contributed by atoms with Crippen molar-refractivity contribution in [1.29, 1.82) is 0 Å². The molecular weight excluding hydrogens is 255 g/mol. The Morgan fingerprint density at radius 3 is 1.12 bits per heavy atom. The fourth-order valence-electron chi connectivity index (χ4n) is 0.107. The smallest absolute Gasteiger partial charge is 0.216 e. The van der Waals surface area contributed by atoms with E-state index in [2.05, 4.69) is 13.2 Å². The molecule has 0 aliphatic heterocycles. The quantitative estimate of drug-likeness (QED) is 0.530. The first-order valence-electron chi connectivity index (χ1n) is 2.99. The van der Waals surface area contributed by atoms with Gasteiger partial charge in [-0.25, -0.2) is 4.39 Å². The van der Waals surface area contributed by atoms with E-state index in [-0.39, 0.29) is 6.33 Å². The van der Waals surface area contributed by atoms with Gasteiger partial charge in [0.1, 0.15) is 0 Å². The molecule has 0 aromatic carbocycles. The summed E-state index contributed by atoms with van der Waals surface area (Å²) in [6, 6.07) is 0. The lowest BCUT2D eigenvalue weighted by Crippen LogP contribution is -2.08. The van der Waals surface area contributed by atoms with Crippen molar-refractivity contribution in [3.8, 4) is 0 Å². The molecule has 0 radical (unpaired) electrons. The van der Waals surface area contributed by atoms with Gasteiger partial charge in [0.05, 0.1) is 6.33 Å². The Hall–Kier alpha value is -1.41. The Morgan fingerprint density at radius 1 is 0.938 bits per heavy atom. The molecular formula is C7H5F9. The van der Waals surface area contributed by atoms with E-state index >= 15 is 0 Å². The first-order valence-corrected chi connectivity index (χ1v) is 2.99. The van der Waals surface area contributed by atoms with Crippen LogP contribution in [0, 0.1) is 0 Å². The summed E-state index contributed by atoms with van der Waals surface area (Å²) in [5.41, 5.74) is 0. The summed E-state index contributed by atoms with van der Waals surface area (Å²) in [5, 5.41) is 0. The normalized spacial score (nSPS) is 8.81. The monoisotopic (exact) mass is 260 g/mol. The van der Waals surface area contributed by atoms with Crippen LogP contribution in [0.4, 0.5) is 39.5 Å². The third-order valence-corrected chi connectivity index (χ3v) is 0.415. The van der Waals surface area contributed by atoms with Crippen LogP contribution >= 0.6 is 0 Å². The van der Waals surface area contributed by atoms with Crippen LogP contribution in [-0.4, -0.2) is 6.18 Å². The molecule has 16 heavy (non-hydrogen) atoms. The largest absolute Gasteiger partial charge is 0.448 e. The van der Waals surface area contributed by atoms with Crippen LogP contribution in [0.15, 0.2) is 37.5 Å². The van der Waals surface area contributed by atoms with E-state index in [4.69, 9.17) is 0 Å². The van der Waals surface area contributed by atoms with Gasteiger partial charge in [-0.3, -0.25) is 0 Å². The molecule has 0 atom stereocenters. The number of rotatable bonds is 0. The molecule has 0 spiro atoms. The summed E-state index contributed by atoms with van der Waals surface area (Å²) in [6.45, 7) is 4.92. The molecule has 0 aliphatic rings. The highest BCUT2D eigenvalue weighted by Crippen LogP contribution is 2.29. The lowest BCUT2D eigenvalue weighted by atomic mass is 10.6. The van der Waals surface area contributed by atoms with Gasteiger partial charge in [-0.2, -0.15) is 35.1 Å². The van der Waals surface area contributed by atoms with Crippen molar-refractivity contribution < 1.29 is 39.5 Å². The molecule has 0 heterocycles. The van der Waals surface area contributed by atoms with Crippen LogP contribution in [0.1, 0.15) is 0 Å². The summed E-state index contributed by atoms with van der Waals surface area (Å²) in [6.07, 6.45) is -10.5. The van der Waals surface area contributed by atoms with Gasteiger partial charge in [-0.15, -0.1) is 0 Å². The maximum absolute atomic E-state index is 11.0. The number of hydrogen-bond acceptors (Lipinski definition) is 0. The summed E-state index contributed by atoms with van der Waals surface area (Å²) in [5.74, 6) is -3.33. The third kappa shape index (κ3) is 22.9. The van der Waals surface area contributed by atoms with E-state index in [1.807, 2.05) is 0 Å². The van der Waals surface area contributed by atoms with Gasteiger partial charge in [0.25, 0.3) is 11.9 Å². The predicted molar refractivity (Wildman–Crippen MR) is 39.1 cm³/mol. The Morgan fingerprint density at radius 2 is 1.12 bits per heavy atom. The summed E-state index contributed by atoms with van der Waals surface area (Å²) >= 11 is 0. The highest BCUT2D eigenvalue weighted by molar-refractivity contribution is 4.98. The molecule has 0 bridgehead atoms. The van der Waals surface area contributed by atoms with Gasteiger partial charge in [0.2, 0.25) is 0 Å². The molecule has 0 fully saturated rings. The topological polar surface area (TPSA) is 0 Å². The van der Waals surface area contributed by atoms with Crippen LogP contribution in [-0.2, 0) is 0 Å². The van der Waals surface area contributed by atoms with Gasteiger partial charge in [0.15, 0.2) is 0 Å². The standard InChI is InChI=1S/C3F6.C2H2F2.C2H3F/c4-1(2(5)6)3(7,8)9;1-2(3)4;1-2-3/h;1H2;2H,1H2. The second kappa shape index (κ2) is 10.1. The third-order valence-electron chi connectivity index (χ3n) is 0.415. The summed E-state index contributed by atoms with van der Waals surface area (Å²) in [4.78, 5) is 0. The van der Waals surface area contributed by atoms with E-state index in [0.717, 1.165) is 0 Å². The molecule has 0 nitrogen and oxygen atoms in total. The van der Waals surface area contributed by atoms with Crippen molar-refractivity contribution in [2.75, 3.05) is 0 Å². The lowest BCUT2D eigenvalue weighted by Gasteiger charge is -1.98. The van der Waals surface area contributed by atoms with Gasteiger partial charge >= 0.3 is 12.3 Å². The molecule has 0 aromatic heterocycles. The SMILES string of the molecule is C=C(F)F.C=CF.FC(F)=C(F)C(F)(F)F. The fourth-order valence-corrected chi connectivity index (χ4v) is 0.107. The minimum absolute atomic E-state index is 0.250. The molecule has 0 unspecified atom stereocenters. The van der Waals surface area contributed by atoms with Crippen molar-refractivity contribution in [3.05, 3.63) is 37.5 Å². The van der Waals surface area contributed by atoms with Crippen molar-refractivity contribution in [2.45, 2.75) is 6.18 Å². The Bertz CT molecular complexity index is 229.